The summed E-state index contributed by atoms with van der Waals surface area (Å²) in [5, 5.41) is 3.31. The standard InChI is InChI=1S/C20H25ClN2O4S/c1-4-19(23(28(3,25)26)17-10-8-16(21)9-11-17)20(24)22-14-15-6-12-18(13-7-15)27-5-2/h6-13,19H,4-5,14H2,1-3H3,(H,22,24). The SMILES string of the molecule is CCOc1ccc(CNC(=O)C(CC)N(c2ccc(Cl)cc2)S(C)(=O)=O)cc1. The van der Waals surface area contributed by atoms with Gasteiger partial charge in [0.05, 0.1) is 18.6 Å². The Morgan fingerprint density at radius 3 is 2.21 bits per heavy atom. The van der Waals surface area contributed by atoms with Gasteiger partial charge in [-0.3, -0.25) is 9.10 Å². The van der Waals surface area contributed by atoms with Crippen LogP contribution in [0.5, 0.6) is 5.75 Å². The Kier molecular flexibility index (Phi) is 7.71. The van der Waals surface area contributed by atoms with Crippen molar-refractivity contribution in [3.8, 4) is 5.75 Å². The van der Waals surface area contributed by atoms with Crippen LogP contribution in [0, 0.1) is 0 Å². The van der Waals surface area contributed by atoms with Crippen LogP contribution < -0.4 is 14.4 Å². The molecule has 0 bridgehead atoms. The maximum atomic E-state index is 12.8. The van der Waals surface area contributed by atoms with E-state index in [4.69, 9.17) is 16.3 Å². The number of hydrogen-bond acceptors (Lipinski definition) is 4. The number of hydrogen-bond donors (Lipinski definition) is 1. The molecule has 0 spiro atoms. The van der Waals surface area contributed by atoms with E-state index in [-0.39, 0.29) is 5.91 Å². The molecule has 2 aromatic rings. The van der Waals surface area contributed by atoms with Crippen LogP contribution >= 0.6 is 11.6 Å². The molecule has 0 aliphatic rings. The lowest BCUT2D eigenvalue weighted by Gasteiger charge is -2.30. The summed E-state index contributed by atoms with van der Waals surface area (Å²) in [6.07, 6.45) is 1.41. The molecule has 6 nitrogen and oxygen atoms in total. The fourth-order valence-corrected chi connectivity index (χ4v) is 4.16. The fraction of sp³-hybridized carbons (Fsp3) is 0.350. The van der Waals surface area contributed by atoms with Gasteiger partial charge < -0.3 is 10.1 Å². The highest BCUT2D eigenvalue weighted by Gasteiger charge is 2.31. The second-order valence-electron chi connectivity index (χ2n) is 6.25. The molecule has 0 aromatic heterocycles. The zero-order valence-electron chi connectivity index (χ0n) is 16.2. The van der Waals surface area contributed by atoms with Crippen LogP contribution in [-0.2, 0) is 21.4 Å². The van der Waals surface area contributed by atoms with Crippen LogP contribution in [0.4, 0.5) is 5.69 Å². The summed E-state index contributed by atoms with van der Waals surface area (Å²) in [7, 11) is -3.67. The molecule has 0 aliphatic carbocycles. The molecule has 0 radical (unpaired) electrons. The predicted octanol–water partition coefficient (Wildman–Crippen LogP) is 3.60. The summed E-state index contributed by atoms with van der Waals surface area (Å²) >= 11 is 5.90. The molecule has 1 unspecified atom stereocenters. The summed E-state index contributed by atoms with van der Waals surface area (Å²) in [5.74, 6) is 0.395. The average Bonchev–Trinajstić information content (AvgIpc) is 2.65. The van der Waals surface area contributed by atoms with Gasteiger partial charge in [-0.1, -0.05) is 30.7 Å². The Hall–Kier alpha value is -2.25. The number of halogens is 1. The Bertz CT molecular complexity index is 883. The third-order valence-electron chi connectivity index (χ3n) is 4.11. The van der Waals surface area contributed by atoms with Crippen LogP contribution in [0.1, 0.15) is 25.8 Å². The highest BCUT2D eigenvalue weighted by atomic mass is 35.5. The van der Waals surface area contributed by atoms with Gasteiger partial charge in [0.15, 0.2) is 0 Å². The smallest absolute Gasteiger partial charge is 0.244 e. The van der Waals surface area contributed by atoms with Crippen LogP contribution in [0.15, 0.2) is 48.5 Å². The number of nitrogens with zero attached hydrogens (tertiary/aromatic N) is 1. The van der Waals surface area contributed by atoms with Crippen LogP contribution in [-0.4, -0.2) is 33.2 Å². The Balaban J connectivity index is 2.16. The minimum atomic E-state index is -3.67. The molecule has 0 saturated carbocycles. The van der Waals surface area contributed by atoms with Gasteiger partial charge in [-0.15, -0.1) is 0 Å². The molecule has 1 amide bonds. The van der Waals surface area contributed by atoms with Crippen molar-refractivity contribution in [1.29, 1.82) is 0 Å². The number of benzene rings is 2. The summed E-state index contributed by atoms with van der Waals surface area (Å²) < 4.78 is 31.3. The van der Waals surface area contributed by atoms with Gasteiger partial charge in [0.2, 0.25) is 15.9 Å². The molecule has 1 atom stereocenters. The quantitative estimate of drug-likeness (QED) is 0.667. The van der Waals surface area contributed by atoms with E-state index >= 15 is 0 Å². The predicted molar refractivity (Wildman–Crippen MR) is 112 cm³/mol. The molecule has 0 aliphatic heterocycles. The zero-order chi connectivity index (χ0) is 20.7. The second kappa shape index (κ2) is 9.80. The molecular weight excluding hydrogens is 400 g/mol. The molecule has 2 rings (SSSR count). The summed E-state index contributed by atoms with van der Waals surface area (Å²) in [5.41, 5.74) is 1.29. The van der Waals surface area contributed by atoms with Crippen molar-refractivity contribution in [2.45, 2.75) is 32.9 Å². The molecule has 0 saturated heterocycles. The fourth-order valence-electron chi connectivity index (χ4n) is 2.83. The van der Waals surface area contributed by atoms with Crippen molar-refractivity contribution in [1.82, 2.24) is 5.32 Å². The normalized spacial score (nSPS) is 12.3. The Labute approximate surface area is 171 Å². The third-order valence-corrected chi connectivity index (χ3v) is 5.54. The first kappa shape index (κ1) is 22.0. The van der Waals surface area contributed by atoms with E-state index in [9.17, 15) is 13.2 Å². The van der Waals surface area contributed by atoms with Crippen molar-refractivity contribution >= 4 is 33.2 Å². The van der Waals surface area contributed by atoms with E-state index in [2.05, 4.69) is 5.32 Å². The number of nitrogens with one attached hydrogen (secondary N) is 1. The number of rotatable bonds is 9. The van der Waals surface area contributed by atoms with Crippen LogP contribution in [0.3, 0.4) is 0 Å². The van der Waals surface area contributed by atoms with Crippen LogP contribution in [0.2, 0.25) is 5.02 Å². The van der Waals surface area contributed by atoms with Crippen molar-refractivity contribution in [2.24, 2.45) is 0 Å². The maximum absolute atomic E-state index is 12.8. The first-order valence-electron chi connectivity index (χ1n) is 9.00. The van der Waals surface area contributed by atoms with Crippen molar-refractivity contribution in [3.05, 3.63) is 59.1 Å². The highest BCUT2D eigenvalue weighted by Crippen LogP contribution is 2.24. The topological polar surface area (TPSA) is 75.7 Å². The monoisotopic (exact) mass is 424 g/mol. The van der Waals surface area contributed by atoms with E-state index < -0.39 is 16.1 Å². The third kappa shape index (κ3) is 5.87. The van der Waals surface area contributed by atoms with E-state index in [0.717, 1.165) is 21.9 Å². The van der Waals surface area contributed by atoms with Gasteiger partial charge >= 0.3 is 0 Å². The largest absolute Gasteiger partial charge is 0.494 e. The lowest BCUT2D eigenvalue weighted by atomic mass is 10.1. The van der Waals surface area contributed by atoms with E-state index in [0.29, 0.717) is 30.3 Å². The molecule has 1 N–H and O–H groups in total. The minimum Gasteiger partial charge on any atom is -0.494 e. The molecular formula is C20H25ClN2O4S. The average molecular weight is 425 g/mol. The molecule has 0 fully saturated rings. The van der Waals surface area contributed by atoms with Gasteiger partial charge in [-0.05, 0) is 55.3 Å². The Morgan fingerprint density at radius 2 is 1.71 bits per heavy atom. The molecule has 2 aromatic carbocycles. The first-order chi connectivity index (χ1) is 13.3. The van der Waals surface area contributed by atoms with E-state index in [1.54, 1.807) is 31.2 Å². The molecule has 8 heteroatoms. The second-order valence-corrected chi connectivity index (χ2v) is 8.55. The van der Waals surface area contributed by atoms with E-state index in [1.165, 1.54) is 0 Å². The number of sulfonamides is 1. The van der Waals surface area contributed by atoms with Gasteiger partial charge in [-0.25, -0.2) is 8.42 Å². The number of carbonyl (C=O) groups is 1. The van der Waals surface area contributed by atoms with E-state index in [1.807, 2.05) is 31.2 Å². The van der Waals surface area contributed by atoms with Crippen molar-refractivity contribution in [2.75, 3.05) is 17.2 Å². The van der Waals surface area contributed by atoms with Gasteiger partial charge in [0, 0.05) is 11.6 Å². The number of ether oxygens (including phenoxy) is 1. The lowest BCUT2D eigenvalue weighted by Crippen LogP contribution is -2.49. The molecule has 28 heavy (non-hydrogen) atoms. The number of amides is 1. The van der Waals surface area contributed by atoms with Crippen LogP contribution in [0.25, 0.3) is 0 Å². The highest BCUT2D eigenvalue weighted by molar-refractivity contribution is 7.92. The summed E-state index contributed by atoms with van der Waals surface area (Å²) in [6, 6.07) is 12.9. The summed E-state index contributed by atoms with van der Waals surface area (Å²) in [6.45, 7) is 4.56. The van der Waals surface area contributed by atoms with Gasteiger partial charge in [-0.2, -0.15) is 0 Å². The maximum Gasteiger partial charge on any atom is 0.244 e. The number of anilines is 1. The Morgan fingerprint density at radius 1 is 1.11 bits per heavy atom. The molecule has 0 heterocycles. The van der Waals surface area contributed by atoms with Gasteiger partial charge in [0.25, 0.3) is 0 Å². The van der Waals surface area contributed by atoms with Crippen molar-refractivity contribution < 1.29 is 17.9 Å². The zero-order valence-corrected chi connectivity index (χ0v) is 17.8. The van der Waals surface area contributed by atoms with Crippen molar-refractivity contribution in [3.63, 3.8) is 0 Å². The number of carbonyl (C=O) groups excluding carboxylic acids is 1. The minimum absolute atomic E-state index is 0.292. The summed E-state index contributed by atoms with van der Waals surface area (Å²) in [4.78, 5) is 12.8. The van der Waals surface area contributed by atoms with Gasteiger partial charge in [0.1, 0.15) is 11.8 Å². The first-order valence-corrected chi connectivity index (χ1v) is 11.2. The lowest BCUT2D eigenvalue weighted by molar-refractivity contribution is -0.122. The molecule has 152 valence electrons.